The van der Waals surface area contributed by atoms with E-state index in [4.69, 9.17) is 5.73 Å². The number of Topliss-reactive ketones (excluding diaryl/α,β-unsaturated/α-hetero) is 1. The van der Waals surface area contributed by atoms with Gasteiger partial charge in [-0.05, 0) is 13.8 Å². The lowest BCUT2D eigenvalue weighted by Gasteiger charge is -1.81. The first kappa shape index (κ1) is 13.9. The Morgan fingerprint density at radius 3 is 1.54 bits per heavy atom. The fourth-order valence-electron chi connectivity index (χ4n) is 0.203. The zero-order valence-corrected chi connectivity index (χ0v) is 7.62. The van der Waals surface area contributed by atoms with E-state index in [-0.39, 0.29) is 5.78 Å². The normalized spacial score (nSPS) is 7.85. The summed E-state index contributed by atoms with van der Waals surface area (Å²) in [7, 11) is 0. The van der Waals surface area contributed by atoms with E-state index in [1.54, 1.807) is 6.92 Å². The Labute approximate surface area is 76.2 Å². The molecule has 0 rings (SSSR count). The molecule has 0 atom stereocenters. The summed E-state index contributed by atoms with van der Waals surface area (Å²) in [5.41, 5.74) is 5.09. The molecule has 1 amide bonds. The first-order valence-corrected chi connectivity index (χ1v) is 3.42. The predicted octanol–water partition coefficient (Wildman–Crippen LogP) is -0.0296. The molecule has 5 nitrogen and oxygen atoms in total. The third kappa shape index (κ3) is 17.9. The average Bonchev–Trinajstić information content (AvgIpc) is 1.84. The second-order valence-corrected chi connectivity index (χ2v) is 2.40. The molecule has 5 heteroatoms. The quantitative estimate of drug-likeness (QED) is 0.495. The summed E-state index contributed by atoms with van der Waals surface area (Å²) in [4.78, 5) is 29.1. The summed E-state index contributed by atoms with van der Waals surface area (Å²) >= 11 is 0. The second kappa shape index (κ2) is 7.02. The SMILES string of the molecule is C=C(C)C(N)=O.CC(=O)CC([O])=O. The van der Waals surface area contributed by atoms with E-state index < -0.39 is 18.3 Å². The van der Waals surface area contributed by atoms with Gasteiger partial charge in [0.1, 0.15) is 12.2 Å². The van der Waals surface area contributed by atoms with Crippen LogP contribution in [0.4, 0.5) is 0 Å². The van der Waals surface area contributed by atoms with Gasteiger partial charge in [0.15, 0.2) is 0 Å². The summed E-state index contributed by atoms with van der Waals surface area (Å²) in [6.45, 7) is 6.06. The molecule has 13 heavy (non-hydrogen) atoms. The van der Waals surface area contributed by atoms with Crippen LogP contribution in [0.3, 0.4) is 0 Å². The monoisotopic (exact) mass is 186 g/mol. The maximum atomic E-state index is 9.83. The standard InChI is InChI=1S/C4H7NO.C4H5O3/c1-3(2)4(5)6;1-3(5)2-4(6)7/h1H2,2H3,(H2,5,6);2H2,1H3. The van der Waals surface area contributed by atoms with Crippen LogP contribution >= 0.6 is 0 Å². The first-order valence-electron chi connectivity index (χ1n) is 3.42. The molecular formula is C8H12NO4. The van der Waals surface area contributed by atoms with Gasteiger partial charge in [-0.2, -0.15) is 0 Å². The molecule has 0 heterocycles. The molecule has 0 aromatic carbocycles. The van der Waals surface area contributed by atoms with E-state index in [0.29, 0.717) is 5.57 Å². The van der Waals surface area contributed by atoms with Crippen molar-refractivity contribution < 1.29 is 19.5 Å². The number of hydrogen-bond acceptors (Lipinski definition) is 3. The van der Waals surface area contributed by atoms with Crippen LogP contribution in [0.1, 0.15) is 20.3 Å². The van der Waals surface area contributed by atoms with Gasteiger partial charge in [-0.1, -0.05) is 6.58 Å². The smallest absolute Gasteiger partial charge is 0.362 e. The van der Waals surface area contributed by atoms with Crippen molar-refractivity contribution in [2.24, 2.45) is 5.73 Å². The van der Waals surface area contributed by atoms with Crippen LogP contribution in [0.2, 0.25) is 0 Å². The molecule has 0 unspecified atom stereocenters. The highest BCUT2D eigenvalue weighted by Gasteiger charge is 2.01. The third-order valence-electron chi connectivity index (χ3n) is 0.814. The highest BCUT2D eigenvalue weighted by Crippen LogP contribution is 1.78. The van der Waals surface area contributed by atoms with Gasteiger partial charge in [-0.15, -0.1) is 0 Å². The predicted molar refractivity (Wildman–Crippen MR) is 45.0 cm³/mol. The molecule has 0 aliphatic heterocycles. The van der Waals surface area contributed by atoms with Crippen molar-refractivity contribution in [3.05, 3.63) is 12.2 Å². The lowest BCUT2D eigenvalue weighted by molar-refractivity contribution is -0.145. The molecule has 0 aromatic heterocycles. The van der Waals surface area contributed by atoms with Crippen LogP contribution in [-0.4, -0.2) is 17.7 Å². The van der Waals surface area contributed by atoms with Gasteiger partial charge < -0.3 is 5.73 Å². The Morgan fingerprint density at radius 2 is 1.54 bits per heavy atom. The van der Waals surface area contributed by atoms with Crippen LogP contribution in [0.15, 0.2) is 12.2 Å². The molecule has 0 aliphatic rings. The minimum Gasteiger partial charge on any atom is -0.366 e. The van der Waals surface area contributed by atoms with Crippen molar-refractivity contribution in [2.75, 3.05) is 0 Å². The molecule has 0 saturated carbocycles. The second-order valence-electron chi connectivity index (χ2n) is 2.40. The number of hydrogen-bond donors (Lipinski definition) is 1. The average molecular weight is 186 g/mol. The van der Waals surface area contributed by atoms with Crippen molar-refractivity contribution in [2.45, 2.75) is 20.3 Å². The molecule has 73 valence electrons. The van der Waals surface area contributed by atoms with E-state index >= 15 is 0 Å². The van der Waals surface area contributed by atoms with Crippen LogP contribution < -0.4 is 5.73 Å². The maximum Gasteiger partial charge on any atom is 0.362 e. The van der Waals surface area contributed by atoms with Crippen molar-refractivity contribution >= 4 is 17.7 Å². The molecular weight excluding hydrogens is 174 g/mol. The topological polar surface area (TPSA) is 97.1 Å². The van der Waals surface area contributed by atoms with Gasteiger partial charge in [0.05, 0.1) is 0 Å². The van der Waals surface area contributed by atoms with Gasteiger partial charge in [-0.3, -0.25) is 9.59 Å². The molecule has 0 bridgehead atoms. The number of rotatable bonds is 3. The number of carbonyl (C=O) groups is 3. The largest absolute Gasteiger partial charge is 0.366 e. The Morgan fingerprint density at radius 1 is 1.23 bits per heavy atom. The van der Waals surface area contributed by atoms with Gasteiger partial charge in [0, 0.05) is 5.57 Å². The zero-order valence-electron chi connectivity index (χ0n) is 7.62. The minimum absolute atomic E-state index is 0.375. The van der Waals surface area contributed by atoms with Crippen molar-refractivity contribution in [3.8, 4) is 0 Å². The summed E-state index contributed by atoms with van der Waals surface area (Å²) in [6.07, 6.45) is -0.472. The number of amides is 1. The molecule has 0 spiro atoms. The molecule has 2 N–H and O–H groups in total. The minimum atomic E-state index is -1.31. The van der Waals surface area contributed by atoms with Crippen LogP contribution in [0.25, 0.3) is 0 Å². The number of ketones is 1. The van der Waals surface area contributed by atoms with Crippen molar-refractivity contribution in [1.82, 2.24) is 0 Å². The van der Waals surface area contributed by atoms with Crippen LogP contribution in [0.5, 0.6) is 0 Å². The van der Waals surface area contributed by atoms with E-state index in [1.807, 2.05) is 0 Å². The Bertz CT molecular complexity index is 208. The van der Waals surface area contributed by atoms with Gasteiger partial charge in [0.25, 0.3) is 0 Å². The van der Waals surface area contributed by atoms with Crippen LogP contribution in [-0.2, 0) is 19.5 Å². The summed E-state index contributed by atoms with van der Waals surface area (Å²) in [6, 6.07) is 0. The summed E-state index contributed by atoms with van der Waals surface area (Å²) < 4.78 is 0. The molecule has 0 aromatic rings. The fraction of sp³-hybridized carbons (Fsp3) is 0.375. The highest BCUT2D eigenvalue weighted by molar-refractivity contribution is 5.92. The molecule has 0 fully saturated rings. The first-order chi connectivity index (χ1) is 5.77. The Kier molecular flexibility index (Phi) is 7.51. The lowest BCUT2D eigenvalue weighted by atomic mass is 10.3. The van der Waals surface area contributed by atoms with E-state index in [2.05, 4.69) is 6.58 Å². The van der Waals surface area contributed by atoms with Gasteiger partial charge in [0.2, 0.25) is 5.91 Å². The number of primary amides is 1. The third-order valence-corrected chi connectivity index (χ3v) is 0.814. The Hall–Kier alpha value is -1.65. The maximum absolute atomic E-state index is 9.83. The summed E-state index contributed by atoms with van der Waals surface area (Å²) in [5, 5.41) is 9.48. The van der Waals surface area contributed by atoms with Gasteiger partial charge in [-0.25, -0.2) is 9.90 Å². The molecule has 1 radical (unpaired) electrons. The van der Waals surface area contributed by atoms with Gasteiger partial charge >= 0.3 is 5.97 Å². The zero-order chi connectivity index (χ0) is 11.0. The molecule has 0 aliphatic carbocycles. The lowest BCUT2D eigenvalue weighted by Crippen LogP contribution is -2.10. The van der Waals surface area contributed by atoms with Crippen molar-refractivity contribution in [1.29, 1.82) is 0 Å². The Balaban J connectivity index is 0. The van der Waals surface area contributed by atoms with E-state index in [0.717, 1.165) is 0 Å². The van der Waals surface area contributed by atoms with E-state index in [9.17, 15) is 19.5 Å². The van der Waals surface area contributed by atoms with Crippen LogP contribution in [0, 0.1) is 0 Å². The number of nitrogens with two attached hydrogens (primary N) is 1. The van der Waals surface area contributed by atoms with E-state index in [1.165, 1.54) is 6.92 Å². The van der Waals surface area contributed by atoms with Crippen molar-refractivity contribution in [3.63, 3.8) is 0 Å². The molecule has 0 saturated heterocycles. The fourth-order valence-corrected chi connectivity index (χ4v) is 0.203. The summed E-state index contributed by atoms with van der Waals surface area (Å²) in [5.74, 6) is -2.12. The highest BCUT2D eigenvalue weighted by atomic mass is 16.4. The number of carbonyl (C=O) groups excluding carboxylic acids is 3.